The van der Waals surface area contributed by atoms with Gasteiger partial charge in [0.15, 0.2) is 5.13 Å². The summed E-state index contributed by atoms with van der Waals surface area (Å²) in [5.74, 6) is 2.12. The van der Waals surface area contributed by atoms with Gasteiger partial charge in [-0.15, -0.1) is 0 Å². The fraction of sp³-hybridized carbons (Fsp3) is 0.314. The number of hydrogen-bond acceptors (Lipinski definition) is 9. The van der Waals surface area contributed by atoms with E-state index in [0.29, 0.717) is 30.2 Å². The molecule has 5 heterocycles. The van der Waals surface area contributed by atoms with E-state index in [1.165, 1.54) is 23.7 Å². The van der Waals surface area contributed by atoms with Gasteiger partial charge in [-0.25, -0.2) is 24.4 Å². The smallest absolute Gasteiger partial charge is 0.324 e. The third kappa shape index (κ3) is 6.86. The minimum Gasteiger partial charge on any atom is -0.493 e. The van der Waals surface area contributed by atoms with Crippen LogP contribution in [0.5, 0.6) is 17.5 Å². The number of thiazole rings is 1. The summed E-state index contributed by atoms with van der Waals surface area (Å²) in [5.41, 5.74) is 3.95. The van der Waals surface area contributed by atoms with Crippen LogP contribution in [0.25, 0.3) is 16.1 Å². The second-order valence-corrected chi connectivity index (χ2v) is 13.8. The average molecular weight is 665 g/mol. The van der Waals surface area contributed by atoms with Gasteiger partial charge in [-0.05, 0) is 79.3 Å². The Morgan fingerprint density at radius 1 is 0.938 bits per heavy atom. The highest BCUT2D eigenvalue weighted by atomic mass is 32.1. The molecule has 0 aliphatic carbocycles. The van der Waals surface area contributed by atoms with Crippen LogP contribution in [0.2, 0.25) is 0 Å². The van der Waals surface area contributed by atoms with Gasteiger partial charge in [0.2, 0.25) is 5.91 Å². The monoisotopic (exact) mass is 664 g/mol. The third-order valence-corrected chi connectivity index (χ3v) is 9.21. The lowest BCUT2D eigenvalue weighted by Gasteiger charge is -2.23. The number of nitrogens with zero attached hydrogens (tertiary/aromatic N) is 6. The molecule has 1 fully saturated rings. The maximum Gasteiger partial charge on any atom is 0.324 e. The molecule has 3 aromatic heterocycles. The molecule has 0 saturated carbocycles. The zero-order chi connectivity index (χ0) is 33.3. The number of anilines is 3. The van der Waals surface area contributed by atoms with Crippen molar-refractivity contribution in [3.05, 3.63) is 78.4 Å². The molecule has 0 atom stereocenters. The highest BCUT2D eigenvalue weighted by Crippen LogP contribution is 2.34. The zero-order valence-electron chi connectivity index (χ0n) is 27.0. The lowest BCUT2D eigenvalue weighted by atomic mass is 9.92. The van der Waals surface area contributed by atoms with Crippen molar-refractivity contribution in [2.75, 3.05) is 28.7 Å². The summed E-state index contributed by atoms with van der Waals surface area (Å²) < 4.78 is 13.4. The number of amides is 3. The number of rotatable bonds is 7. The number of carbonyl (C=O) groups excluding carboxylic acids is 2. The molecule has 0 spiro atoms. The van der Waals surface area contributed by atoms with Crippen LogP contribution >= 0.6 is 11.3 Å². The van der Waals surface area contributed by atoms with Crippen LogP contribution in [0.3, 0.4) is 0 Å². The second kappa shape index (κ2) is 13.1. The summed E-state index contributed by atoms with van der Waals surface area (Å²) in [6.07, 6.45) is 9.17. The van der Waals surface area contributed by atoms with Crippen molar-refractivity contribution in [2.24, 2.45) is 0 Å². The number of benzene rings is 2. The molecule has 0 radical (unpaired) electrons. The van der Waals surface area contributed by atoms with Crippen LogP contribution in [0.4, 0.5) is 21.4 Å². The molecule has 7 rings (SSSR count). The van der Waals surface area contributed by atoms with E-state index in [1.807, 2.05) is 42.5 Å². The Bertz CT molecular complexity index is 1950. The number of ether oxygens (including phenoxy) is 2. The highest BCUT2D eigenvalue weighted by molar-refractivity contribution is 7.19. The predicted octanol–water partition coefficient (Wildman–Crippen LogP) is 7.36. The number of fused-ring (bicyclic) bond motifs is 1. The molecule has 2 N–H and O–H groups in total. The fourth-order valence-electron chi connectivity index (χ4n) is 5.55. The van der Waals surface area contributed by atoms with Gasteiger partial charge >= 0.3 is 12.0 Å². The average Bonchev–Trinajstić information content (AvgIpc) is 3.74. The van der Waals surface area contributed by atoms with Gasteiger partial charge in [-0.2, -0.15) is 5.10 Å². The summed E-state index contributed by atoms with van der Waals surface area (Å²) in [4.78, 5) is 41.1. The minimum absolute atomic E-state index is 0.131. The molecule has 2 aromatic carbocycles. The summed E-state index contributed by atoms with van der Waals surface area (Å²) in [7, 11) is 0. The van der Waals surface area contributed by atoms with Crippen molar-refractivity contribution >= 4 is 39.9 Å². The molecule has 0 unspecified atom stereocenters. The number of hydrogen-bond donors (Lipinski definition) is 2. The molecule has 13 heteroatoms. The quantitative estimate of drug-likeness (QED) is 0.184. The van der Waals surface area contributed by atoms with E-state index in [4.69, 9.17) is 14.6 Å². The molecule has 246 valence electrons. The summed E-state index contributed by atoms with van der Waals surface area (Å²) >= 11 is 1.50. The molecule has 12 nitrogen and oxygen atoms in total. The maximum absolute atomic E-state index is 13.1. The number of carbonyl (C=O) groups is 2. The lowest BCUT2D eigenvalue weighted by Crippen LogP contribution is -2.34. The Hall–Kier alpha value is -5.30. The van der Waals surface area contributed by atoms with Crippen LogP contribution in [0.1, 0.15) is 57.7 Å². The molecule has 0 bridgehead atoms. The lowest BCUT2D eigenvalue weighted by molar-refractivity contribution is -0.119. The highest BCUT2D eigenvalue weighted by Gasteiger charge is 2.24. The largest absolute Gasteiger partial charge is 0.493 e. The summed E-state index contributed by atoms with van der Waals surface area (Å²) in [6, 6.07) is 15.0. The topological polar surface area (TPSA) is 136 Å². The Morgan fingerprint density at radius 2 is 1.75 bits per heavy atom. The van der Waals surface area contributed by atoms with Crippen LogP contribution in [-0.2, 0) is 16.6 Å². The van der Waals surface area contributed by atoms with Gasteiger partial charge in [0.05, 0.1) is 40.9 Å². The molecule has 2 aliphatic heterocycles. The van der Waals surface area contributed by atoms with Crippen molar-refractivity contribution < 1.29 is 19.1 Å². The number of aromatic nitrogens is 5. The van der Waals surface area contributed by atoms with E-state index >= 15 is 0 Å². The van der Waals surface area contributed by atoms with E-state index in [-0.39, 0.29) is 17.3 Å². The molecule has 5 aromatic rings. The molecule has 48 heavy (non-hydrogen) atoms. The zero-order valence-corrected chi connectivity index (χ0v) is 27.8. The van der Waals surface area contributed by atoms with Crippen LogP contribution in [-0.4, -0.2) is 49.8 Å². The van der Waals surface area contributed by atoms with Crippen molar-refractivity contribution in [1.82, 2.24) is 24.7 Å². The maximum atomic E-state index is 13.1. The minimum atomic E-state index is -0.457. The normalized spacial score (nSPS) is 14.6. The van der Waals surface area contributed by atoms with E-state index < -0.39 is 6.03 Å². The molecular weight excluding hydrogens is 629 g/mol. The predicted molar refractivity (Wildman–Crippen MR) is 185 cm³/mol. The van der Waals surface area contributed by atoms with Gasteiger partial charge in [-0.1, -0.05) is 32.1 Å². The van der Waals surface area contributed by atoms with Crippen LogP contribution in [0.15, 0.2) is 67.1 Å². The van der Waals surface area contributed by atoms with Crippen molar-refractivity contribution in [3.8, 4) is 33.6 Å². The van der Waals surface area contributed by atoms with Crippen LogP contribution < -0.4 is 25.0 Å². The van der Waals surface area contributed by atoms with E-state index in [9.17, 15) is 9.59 Å². The van der Waals surface area contributed by atoms with Crippen molar-refractivity contribution in [3.63, 3.8) is 0 Å². The van der Waals surface area contributed by atoms with Gasteiger partial charge in [0.25, 0.3) is 0 Å². The van der Waals surface area contributed by atoms with Crippen LogP contribution in [0, 0.1) is 0 Å². The SMILES string of the molecule is CC(C)(C)c1cc(NC(=O)Nc2cnc(Oc3ccc(-c4cnc(N5CCCCC5=O)s4)cc3)nc2)n(-c2ccc3c(c2)CCCO3)n1. The first-order valence-electron chi connectivity index (χ1n) is 16.0. The molecule has 1 saturated heterocycles. The molecule has 2 aliphatic rings. The van der Waals surface area contributed by atoms with Gasteiger partial charge in [-0.3, -0.25) is 15.0 Å². The number of nitrogens with one attached hydrogen (secondary N) is 2. The fourth-order valence-corrected chi connectivity index (χ4v) is 6.51. The first kappa shape index (κ1) is 31.3. The first-order valence-corrected chi connectivity index (χ1v) is 16.8. The van der Waals surface area contributed by atoms with E-state index in [0.717, 1.165) is 70.6 Å². The summed E-state index contributed by atoms with van der Waals surface area (Å²) in [6.45, 7) is 7.68. The third-order valence-electron chi connectivity index (χ3n) is 8.14. The Balaban J connectivity index is 0.988. The molecule has 3 amide bonds. The Labute approximate surface area is 282 Å². The van der Waals surface area contributed by atoms with Gasteiger partial charge in [0, 0.05) is 30.6 Å². The van der Waals surface area contributed by atoms with E-state index in [2.05, 4.69) is 52.4 Å². The van der Waals surface area contributed by atoms with E-state index in [1.54, 1.807) is 15.8 Å². The summed E-state index contributed by atoms with van der Waals surface area (Å²) in [5, 5.41) is 11.3. The Morgan fingerprint density at radius 3 is 2.52 bits per heavy atom. The number of urea groups is 1. The first-order chi connectivity index (χ1) is 23.2. The number of piperidine rings is 1. The van der Waals surface area contributed by atoms with Gasteiger partial charge in [0.1, 0.15) is 17.3 Å². The van der Waals surface area contributed by atoms with Crippen molar-refractivity contribution in [1.29, 1.82) is 0 Å². The van der Waals surface area contributed by atoms with Crippen molar-refractivity contribution in [2.45, 2.75) is 58.3 Å². The second-order valence-electron chi connectivity index (χ2n) is 12.8. The van der Waals surface area contributed by atoms with Gasteiger partial charge < -0.3 is 14.8 Å². The molecular formula is C35H36N8O4S. The number of aryl methyl sites for hydroxylation is 1. The Kier molecular flexibility index (Phi) is 8.52. The standard InChI is InChI=1S/C35H36N8O4S/c1-35(2,3)29-18-30(43(41-29)25-11-14-27-23(17-25)7-6-16-46-27)40-32(45)39-24-19-36-33(37-20-24)47-26-12-9-22(10-13-26)28-21-38-34(48-28)42-15-5-4-8-31(42)44/h9-14,17-21H,4-8,15-16H2,1-3H3,(H2,39,40,45).